The fourth-order valence-corrected chi connectivity index (χ4v) is 4.79. The maximum absolute atomic E-state index is 13.0. The third-order valence-corrected chi connectivity index (χ3v) is 7.00. The number of hydrogen-bond donors (Lipinski definition) is 0. The molecular weight excluding hydrogens is 480 g/mol. The van der Waals surface area contributed by atoms with Crippen LogP contribution in [0.4, 0.5) is 0 Å². The van der Waals surface area contributed by atoms with Crippen molar-refractivity contribution in [3.8, 4) is 10.9 Å². The molecule has 188 valence electrons. The van der Waals surface area contributed by atoms with Crippen molar-refractivity contribution in [1.29, 1.82) is 0 Å². The Hall–Kier alpha value is -3.81. The Morgan fingerprint density at radius 3 is 2.41 bits per heavy atom. The highest BCUT2D eigenvalue weighted by atomic mass is 32.1. The Morgan fingerprint density at radius 2 is 1.68 bits per heavy atom. The third kappa shape index (κ3) is 6.90. The van der Waals surface area contributed by atoms with Crippen molar-refractivity contribution < 1.29 is 9.53 Å². The average Bonchev–Trinajstić information content (AvgIpc) is 3.37. The van der Waals surface area contributed by atoms with Gasteiger partial charge >= 0.3 is 0 Å². The Morgan fingerprint density at radius 1 is 0.946 bits per heavy atom. The number of carbonyl (C=O) groups excluding carboxylic acids is 1. The van der Waals surface area contributed by atoms with Gasteiger partial charge in [0.2, 0.25) is 0 Å². The monoisotopic (exact) mass is 510 g/mol. The molecular formula is C30H30N4O2S. The van der Waals surface area contributed by atoms with Gasteiger partial charge in [0.1, 0.15) is 5.75 Å². The van der Waals surface area contributed by atoms with Gasteiger partial charge in [-0.15, -0.1) is 0 Å². The predicted molar refractivity (Wildman–Crippen MR) is 148 cm³/mol. The zero-order valence-corrected chi connectivity index (χ0v) is 21.7. The van der Waals surface area contributed by atoms with E-state index in [1.54, 1.807) is 0 Å². The number of rotatable bonds is 8. The summed E-state index contributed by atoms with van der Waals surface area (Å²) in [6.07, 6.45) is 5.01. The van der Waals surface area contributed by atoms with Crippen LogP contribution in [0.2, 0.25) is 0 Å². The molecule has 0 bridgehead atoms. The molecule has 2 heterocycles. The van der Waals surface area contributed by atoms with E-state index in [2.05, 4.69) is 69.7 Å². The van der Waals surface area contributed by atoms with Gasteiger partial charge < -0.3 is 9.64 Å². The molecule has 1 aliphatic rings. The van der Waals surface area contributed by atoms with Crippen LogP contribution in [0.1, 0.15) is 32.9 Å². The van der Waals surface area contributed by atoms with Crippen LogP contribution in [-0.2, 0) is 6.42 Å². The molecule has 5 rings (SSSR count). The normalized spacial score (nSPS) is 14.2. The van der Waals surface area contributed by atoms with Crippen LogP contribution in [0, 0.1) is 6.92 Å². The van der Waals surface area contributed by atoms with Crippen LogP contribution in [-0.4, -0.2) is 57.8 Å². The smallest absolute Gasteiger partial charge is 0.298 e. The van der Waals surface area contributed by atoms with Gasteiger partial charge in [0.25, 0.3) is 11.1 Å². The van der Waals surface area contributed by atoms with Crippen LogP contribution >= 0.6 is 11.5 Å². The summed E-state index contributed by atoms with van der Waals surface area (Å²) >= 11 is 1.24. The number of aryl methyl sites for hydroxylation is 1. The van der Waals surface area contributed by atoms with E-state index in [1.807, 2.05) is 47.4 Å². The fourth-order valence-electron chi connectivity index (χ4n) is 4.22. The molecule has 0 aliphatic carbocycles. The fraction of sp³-hybridized carbons (Fsp3) is 0.233. The van der Waals surface area contributed by atoms with E-state index in [-0.39, 0.29) is 5.91 Å². The Bertz CT molecular complexity index is 1330. The Kier molecular flexibility index (Phi) is 8.03. The Labute approximate surface area is 222 Å². The first-order valence-corrected chi connectivity index (χ1v) is 13.3. The first kappa shape index (κ1) is 24.9. The van der Waals surface area contributed by atoms with Crippen LogP contribution in [0.25, 0.3) is 6.08 Å². The molecule has 3 aromatic carbocycles. The second-order valence-electron chi connectivity index (χ2n) is 9.17. The SMILES string of the molecule is Cc1ccc(Cc2nsc(Oc3ccc(C(=O)N4CCN(CC=Cc5ccccc5)CC4)cc3)n2)cc1. The largest absolute Gasteiger partial charge is 0.430 e. The minimum absolute atomic E-state index is 0.0577. The molecule has 0 unspecified atom stereocenters. The first-order valence-electron chi connectivity index (χ1n) is 12.5. The van der Waals surface area contributed by atoms with E-state index >= 15 is 0 Å². The lowest BCUT2D eigenvalue weighted by Crippen LogP contribution is -2.48. The molecule has 37 heavy (non-hydrogen) atoms. The summed E-state index contributed by atoms with van der Waals surface area (Å²) in [5, 5.41) is 0.499. The van der Waals surface area contributed by atoms with Crippen LogP contribution in [0.15, 0.2) is 84.9 Å². The molecule has 4 aromatic rings. The highest BCUT2D eigenvalue weighted by molar-refractivity contribution is 7.07. The summed E-state index contributed by atoms with van der Waals surface area (Å²) in [7, 11) is 0. The topological polar surface area (TPSA) is 58.6 Å². The average molecular weight is 511 g/mol. The van der Waals surface area contributed by atoms with Gasteiger partial charge in [-0.05, 0) is 42.3 Å². The molecule has 1 amide bonds. The number of nitrogens with zero attached hydrogens (tertiary/aromatic N) is 4. The highest BCUT2D eigenvalue weighted by Crippen LogP contribution is 2.25. The molecule has 0 N–H and O–H groups in total. The van der Waals surface area contributed by atoms with Gasteiger partial charge in [0.05, 0.1) is 0 Å². The number of amides is 1. The highest BCUT2D eigenvalue weighted by Gasteiger charge is 2.21. The van der Waals surface area contributed by atoms with Crippen molar-refractivity contribution >= 4 is 23.5 Å². The Balaban J connectivity index is 1.09. The van der Waals surface area contributed by atoms with Gasteiger partial charge in [0.15, 0.2) is 5.82 Å². The predicted octanol–water partition coefficient (Wildman–Crippen LogP) is 5.70. The second-order valence-corrected chi connectivity index (χ2v) is 9.89. The molecule has 6 nitrogen and oxygen atoms in total. The van der Waals surface area contributed by atoms with Gasteiger partial charge in [-0.2, -0.15) is 9.36 Å². The molecule has 7 heteroatoms. The zero-order valence-electron chi connectivity index (χ0n) is 20.9. The summed E-state index contributed by atoms with van der Waals surface area (Å²) in [5.41, 5.74) is 4.28. The summed E-state index contributed by atoms with van der Waals surface area (Å²) in [4.78, 5) is 21.8. The maximum Gasteiger partial charge on any atom is 0.298 e. The molecule has 1 fully saturated rings. The van der Waals surface area contributed by atoms with E-state index in [9.17, 15) is 4.79 Å². The van der Waals surface area contributed by atoms with Crippen molar-refractivity contribution in [3.05, 3.63) is 113 Å². The standard InChI is InChI=1S/C30H30N4O2S/c1-23-9-11-25(12-10-23)22-28-31-30(37-32-28)36-27-15-13-26(14-16-27)29(35)34-20-18-33(19-21-34)17-5-8-24-6-3-2-4-7-24/h2-16H,17-22H2,1H3. The molecule has 0 saturated carbocycles. The lowest BCUT2D eigenvalue weighted by atomic mass is 10.1. The van der Waals surface area contributed by atoms with Crippen molar-refractivity contribution in [2.24, 2.45) is 0 Å². The number of aromatic nitrogens is 2. The van der Waals surface area contributed by atoms with Gasteiger partial charge in [-0.3, -0.25) is 9.69 Å². The number of ether oxygens (including phenoxy) is 1. The van der Waals surface area contributed by atoms with Gasteiger partial charge in [-0.1, -0.05) is 72.3 Å². The van der Waals surface area contributed by atoms with Crippen molar-refractivity contribution in [1.82, 2.24) is 19.2 Å². The van der Waals surface area contributed by atoms with E-state index in [1.165, 1.54) is 28.2 Å². The maximum atomic E-state index is 13.0. The lowest BCUT2D eigenvalue weighted by Gasteiger charge is -2.34. The van der Waals surface area contributed by atoms with E-state index in [0.717, 1.165) is 38.5 Å². The molecule has 0 spiro atoms. The third-order valence-electron chi connectivity index (χ3n) is 6.37. The minimum atomic E-state index is 0.0577. The van der Waals surface area contributed by atoms with Crippen molar-refractivity contribution in [3.63, 3.8) is 0 Å². The molecule has 0 atom stereocenters. The van der Waals surface area contributed by atoms with Crippen molar-refractivity contribution in [2.75, 3.05) is 32.7 Å². The van der Waals surface area contributed by atoms with E-state index < -0.39 is 0 Å². The number of benzene rings is 3. The van der Waals surface area contributed by atoms with Gasteiger partial charge in [-0.25, -0.2) is 0 Å². The number of carbonyl (C=O) groups is 1. The second kappa shape index (κ2) is 12.0. The van der Waals surface area contributed by atoms with E-state index in [4.69, 9.17) is 4.74 Å². The molecule has 0 radical (unpaired) electrons. The van der Waals surface area contributed by atoms with Gasteiger partial charge in [0, 0.05) is 56.2 Å². The minimum Gasteiger partial charge on any atom is -0.430 e. The summed E-state index contributed by atoms with van der Waals surface area (Å²) in [6, 6.07) is 26.0. The first-order chi connectivity index (χ1) is 18.1. The van der Waals surface area contributed by atoms with Crippen molar-refractivity contribution in [2.45, 2.75) is 13.3 Å². The summed E-state index contributed by atoms with van der Waals surface area (Å²) < 4.78 is 10.3. The number of piperazine rings is 1. The van der Waals surface area contributed by atoms with Crippen LogP contribution < -0.4 is 4.74 Å². The molecule has 1 aromatic heterocycles. The molecule has 1 saturated heterocycles. The molecule has 1 aliphatic heterocycles. The summed E-state index contributed by atoms with van der Waals surface area (Å²) in [5.74, 6) is 1.44. The number of hydrogen-bond acceptors (Lipinski definition) is 6. The summed E-state index contributed by atoms with van der Waals surface area (Å²) in [6.45, 7) is 6.15. The van der Waals surface area contributed by atoms with Crippen LogP contribution in [0.3, 0.4) is 0 Å². The zero-order chi connectivity index (χ0) is 25.5. The lowest BCUT2D eigenvalue weighted by molar-refractivity contribution is 0.0650. The quantitative estimate of drug-likeness (QED) is 0.304. The van der Waals surface area contributed by atoms with E-state index in [0.29, 0.717) is 22.9 Å². The van der Waals surface area contributed by atoms with Crippen LogP contribution in [0.5, 0.6) is 10.9 Å².